The molecule has 2 rings (SSSR count). The van der Waals surface area contributed by atoms with Gasteiger partial charge in [-0.05, 0) is 25.0 Å². The summed E-state index contributed by atoms with van der Waals surface area (Å²) in [6.07, 6.45) is 6.41. The van der Waals surface area contributed by atoms with Crippen LogP contribution in [0, 0.1) is 6.92 Å². The fraction of sp³-hybridized carbons (Fsp3) is 0.462. The smallest absolute Gasteiger partial charge is 0.170 e. The van der Waals surface area contributed by atoms with Crippen LogP contribution in [0.2, 0.25) is 0 Å². The molecule has 0 aliphatic carbocycles. The van der Waals surface area contributed by atoms with Crippen molar-refractivity contribution in [1.82, 2.24) is 0 Å². The zero-order chi connectivity index (χ0) is 9.80. The van der Waals surface area contributed by atoms with Crippen molar-refractivity contribution in [3.05, 3.63) is 35.4 Å². The van der Waals surface area contributed by atoms with Crippen molar-refractivity contribution in [1.29, 1.82) is 0 Å². The maximum Gasteiger partial charge on any atom is 0.170 e. The number of hydrogen-bond donors (Lipinski definition) is 0. The second-order valence-electron chi connectivity index (χ2n) is 4.08. The van der Waals surface area contributed by atoms with Gasteiger partial charge in [0.2, 0.25) is 0 Å². The molecule has 1 aromatic carbocycles. The lowest BCUT2D eigenvalue weighted by Gasteiger charge is -2.09. The molecule has 0 radical (unpaired) electrons. The summed E-state index contributed by atoms with van der Waals surface area (Å²) in [6.45, 7) is 4.64. The first-order valence-corrected chi connectivity index (χ1v) is 5.51. The van der Waals surface area contributed by atoms with E-state index < -0.39 is 0 Å². The van der Waals surface area contributed by atoms with E-state index in [1.165, 1.54) is 43.5 Å². The van der Waals surface area contributed by atoms with Crippen LogP contribution in [0.1, 0.15) is 30.4 Å². The predicted octanol–water partition coefficient (Wildman–Crippen LogP) is -0.386. The van der Waals surface area contributed by atoms with Crippen LogP contribution in [0.4, 0.5) is 0 Å². The van der Waals surface area contributed by atoms with Gasteiger partial charge in [-0.2, -0.15) is 0 Å². The quantitative estimate of drug-likeness (QED) is 0.571. The summed E-state index contributed by atoms with van der Waals surface area (Å²) < 4.78 is 2.45. The van der Waals surface area contributed by atoms with E-state index in [4.69, 9.17) is 0 Å². The summed E-state index contributed by atoms with van der Waals surface area (Å²) in [5.41, 5.74) is 2.74. The number of benzene rings is 1. The van der Waals surface area contributed by atoms with Gasteiger partial charge in [-0.1, -0.05) is 18.2 Å². The summed E-state index contributed by atoms with van der Waals surface area (Å²) in [5, 5.41) is 0. The molecule has 1 aliphatic rings. The van der Waals surface area contributed by atoms with Crippen LogP contribution >= 0.6 is 0 Å². The van der Waals surface area contributed by atoms with E-state index in [0.29, 0.717) is 0 Å². The van der Waals surface area contributed by atoms with Crippen molar-refractivity contribution in [3.8, 4) is 0 Å². The standard InChI is InChI=1S/C13H18N.ClH/c1-12-7-3-4-8-13(12)11-14-9-5-2-6-10-14;/h3-4,7-8,11H,2,5-6,9-10H2,1H3;1H/q+1;/p-1. The Morgan fingerprint density at radius 2 is 1.73 bits per heavy atom. The van der Waals surface area contributed by atoms with Crippen molar-refractivity contribution in [2.45, 2.75) is 26.2 Å². The SMILES string of the molecule is Cc1ccccc1C=[N+]1CCCCC1.[Cl-]. The van der Waals surface area contributed by atoms with Crippen molar-refractivity contribution in [2.75, 3.05) is 13.1 Å². The Hall–Kier alpha value is -0.820. The minimum atomic E-state index is 0. The van der Waals surface area contributed by atoms with Gasteiger partial charge in [-0.3, -0.25) is 0 Å². The Labute approximate surface area is 98.2 Å². The highest BCUT2D eigenvalue weighted by Gasteiger charge is 2.10. The molecule has 0 aromatic heterocycles. The second kappa shape index (κ2) is 5.92. The minimum Gasteiger partial charge on any atom is -1.00 e. The molecule has 0 N–H and O–H groups in total. The zero-order valence-corrected chi connectivity index (χ0v) is 10.0. The summed E-state index contributed by atoms with van der Waals surface area (Å²) in [4.78, 5) is 0. The van der Waals surface area contributed by atoms with Crippen molar-refractivity contribution >= 4 is 6.21 Å². The monoisotopic (exact) mass is 223 g/mol. The first-order chi connectivity index (χ1) is 6.86. The third-order valence-corrected chi connectivity index (χ3v) is 2.90. The molecular weight excluding hydrogens is 206 g/mol. The number of aryl methyl sites for hydroxylation is 1. The number of piperidine rings is 1. The Bertz CT molecular complexity index is 336. The maximum atomic E-state index is 2.45. The number of rotatable bonds is 1. The third kappa shape index (κ3) is 3.35. The van der Waals surface area contributed by atoms with Gasteiger partial charge in [-0.25, -0.2) is 4.58 Å². The van der Waals surface area contributed by atoms with Gasteiger partial charge in [0.25, 0.3) is 0 Å². The fourth-order valence-electron chi connectivity index (χ4n) is 1.98. The Morgan fingerprint density at radius 1 is 1.07 bits per heavy atom. The minimum absolute atomic E-state index is 0. The van der Waals surface area contributed by atoms with Crippen molar-refractivity contribution < 1.29 is 17.0 Å². The molecule has 0 unspecified atom stereocenters. The van der Waals surface area contributed by atoms with Crippen molar-refractivity contribution in [2.24, 2.45) is 0 Å². The number of halogens is 1. The predicted molar refractivity (Wildman–Crippen MR) is 60.2 cm³/mol. The van der Waals surface area contributed by atoms with E-state index in [1.807, 2.05) is 0 Å². The first kappa shape index (κ1) is 12.3. The van der Waals surface area contributed by atoms with Crippen LogP contribution < -0.4 is 12.4 Å². The average Bonchev–Trinajstić information content (AvgIpc) is 2.23. The first-order valence-electron chi connectivity index (χ1n) is 5.51. The van der Waals surface area contributed by atoms with Crippen LogP contribution in [-0.4, -0.2) is 23.9 Å². The summed E-state index contributed by atoms with van der Waals surface area (Å²) >= 11 is 0. The molecule has 1 aliphatic heterocycles. The summed E-state index contributed by atoms with van der Waals surface area (Å²) in [5.74, 6) is 0. The summed E-state index contributed by atoms with van der Waals surface area (Å²) in [6, 6.07) is 8.59. The van der Waals surface area contributed by atoms with Crippen LogP contribution in [0.15, 0.2) is 24.3 Å². The van der Waals surface area contributed by atoms with Crippen LogP contribution in [0.5, 0.6) is 0 Å². The fourth-order valence-corrected chi connectivity index (χ4v) is 1.98. The lowest BCUT2D eigenvalue weighted by Crippen LogP contribution is -3.00. The van der Waals surface area contributed by atoms with E-state index in [-0.39, 0.29) is 12.4 Å². The van der Waals surface area contributed by atoms with E-state index in [9.17, 15) is 0 Å². The van der Waals surface area contributed by atoms with Gasteiger partial charge in [-0.15, -0.1) is 0 Å². The molecule has 0 atom stereocenters. The topological polar surface area (TPSA) is 3.01 Å². The van der Waals surface area contributed by atoms with Crippen LogP contribution in [0.25, 0.3) is 0 Å². The number of nitrogens with zero attached hydrogens (tertiary/aromatic N) is 1. The molecule has 0 spiro atoms. The van der Waals surface area contributed by atoms with Gasteiger partial charge in [0.05, 0.1) is 0 Å². The Kier molecular flexibility index (Phi) is 4.83. The highest BCUT2D eigenvalue weighted by atomic mass is 35.5. The highest BCUT2D eigenvalue weighted by molar-refractivity contribution is 5.77. The lowest BCUT2D eigenvalue weighted by molar-refractivity contribution is -0.532. The molecule has 0 saturated carbocycles. The molecule has 82 valence electrons. The molecule has 0 amide bonds. The molecule has 1 fully saturated rings. The molecule has 1 nitrogen and oxygen atoms in total. The van der Waals surface area contributed by atoms with Gasteiger partial charge < -0.3 is 12.4 Å². The zero-order valence-electron chi connectivity index (χ0n) is 9.25. The molecule has 1 aromatic rings. The van der Waals surface area contributed by atoms with Gasteiger partial charge in [0, 0.05) is 18.4 Å². The molecule has 1 saturated heterocycles. The van der Waals surface area contributed by atoms with E-state index in [1.54, 1.807) is 0 Å². The summed E-state index contributed by atoms with van der Waals surface area (Å²) in [7, 11) is 0. The molecular formula is C13H18ClN. The molecule has 1 heterocycles. The highest BCUT2D eigenvalue weighted by Crippen LogP contribution is 2.07. The largest absolute Gasteiger partial charge is 1.00 e. The average molecular weight is 224 g/mol. The van der Waals surface area contributed by atoms with Gasteiger partial charge in [0.1, 0.15) is 13.1 Å². The molecule has 2 heteroatoms. The molecule has 15 heavy (non-hydrogen) atoms. The van der Waals surface area contributed by atoms with E-state index >= 15 is 0 Å². The van der Waals surface area contributed by atoms with E-state index in [2.05, 4.69) is 42.0 Å². The van der Waals surface area contributed by atoms with Gasteiger partial charge in [0.15, 0.2) is 6.21 Å². The Balaban J connectivity index is 0.00000112. The Morgan fingerprint density at radius 3 is 2.40 bits per heavy atom. The lowest BCUT2D eigenvalue weighted by atomic mass is 10.1. The van der Waals surface area contributed by atoms with Crippen LogP contribution in [-0.2, 0) is 0 Å². The molecule has 0 bridgehead atoms. The third-order valence-electron chi connectivity index (χ3n) is 2.90. The van der Waals surface area contributed by atoms with Crippen molar-refractivity contribution in [3.63, 3.8) is 0 Å². The van der Waals surface area contributed by atoms with E-state index in [0.717, 1.165) is 0 Å². The maximum absolute atomic E-state index is 2.45. The number of hydrogen-bond acceptors (Lipinski definition) is 0. The second-order valence-corrected chi connectivity index (χ2v) is 4.08. The van der Waals surface area contributed by atoms with Crippen LogP contribution in [0.3, 0.4) is 0 Å². The van der Waals surface area contributed by atoms with Gasteiger partial charge >= 0.3 is 0 Å². The normalized spacial score (nSPS) is 15.7.